The molecule has 3 N–H and O–H groups in total. The predicted molar refractivity (Wildman–Crippen MR) is 107 cm³/mol. The van der Waals surface area contributed by atoms with E-state index in [2.05, 4.69) is 20.5 Å². The molecule has 0 atom stereocenters. The fraction of sp³-hybridized carbons (Fsp3) is 0. The Hall–Kier alpha value is -3.85. The van der Waals surface area contributed by atoms with Crippen LogP contribution >= 0.6 is 11.3 Å². The first-order valence-corrected chi connectivity index (χ1v) is 9.15. The quantitative estimate of drug-likeness (QED) is 0.557. The molecule has 0 aliphatic carbocycles. The first kappa shape index (κ1) is 16.3. The van der Waals surface area contributed by atoms with Gasteiger partial charge in [0.05, 0.1) is 23.0 Å². The number of aromatic nitrogens is 3. The van der Waals surface area contributed by atoms with Crippen LogP contribution in [-0.2, 0) is 0 Å². The fourth-order valence-electron chi connectivity index (χ4n) is 3.24. The van der Waals surface area contributed by atoms with Crippen molar-refractivity contribution >= 4 is 50.7 Å². The zero-order valence-electron chi connectivity index (χ0n) is 14.3. The van der Waals surface area contributed by atoms with Crippen LogP contribution in [-0.4, -0.2) is 27.1 Å². The highest BCUT2D eigenvalue weighted by molar-refractivity contribution is 7.21. The number of hydrogen-bond donors (Lipinski definition) is 2. The minimum Gasteiger partial charge on any atom is -0.365 e. The molecule has 3 aromatic heterocycles. The van der Waals surface area contributed by atoms with Crippen LogP contribution in [0, 0.1) is 0 Å². The molecular formula is C19H12N6O2S. The molecule has 4 heterocycles. The lowest BCUT2D eigenvalue weighted by Gasteiger charge is -2.27. The van der Waals surface area contributed by atoms with Crippen LogP contribution in [0.3, 0.4) is 0 Å². The Labute approximate surface area is 162 Å². The largest absolute Gasteiger partial charge is 0.365 e. The van der Waals surface area contributed by atoms with E-state index in [0.29, 0.717) is 27.4 Å². The van der Waals surface area contributed by atoms with E-state index in [1.54, 1.807) is 24.5 Å². The first-order valence-electron chi connectivity index (χ1n) is 8.34. The summed E-state index contributed by atoms with van der Waals surface area (Å²) >= 11 is 1.15. The van der Waals surface area contributed by atoms with E-state index in [0.717, 1.165) is 22.5 Å². The van der Waals surface area contributed by atoms with Gasteiger partial charge < -0.3 is 11.1 Å². The highest BCUT2D eigenvalue weighted by Crippen LogP contribution is 2.45. The number of carbonyl (C=O) groups is 2. The normalized spacial score (nSPS) is 12.9. The second-order valence-corrected chi connectivity index (χ2v) is 7.11. The van der Waals surface area contributed by atoms with Crippen molar-refractivity contribution in [3.63, 3.8) is 0 Å². The topological polar surface area (TPSA) is 114 Å². The molecule has 1 aliphatic rings. The molecule has 5 rings (SSSR count). The van der Waals surface area contributed by atoms with Crippen molar-refractivity contribution in [2.45, 2.75) is 0 Å². The van der Waals surface area contributed by atoms with E-state index in [9.17, 15) is 9.59 Å². The monoisotopic (exact) mass is 388 g/mol. The molecule has 0 saturated carbocycles. The summed E-state index contributed by atoms with van der Waals surface area (Å²) in [4.78, 5) is 31.3. The van der Waals surface area contributed by atoms with Crippen molar-refractivity contribution in [2.24, 2.45) is 5.73 Å². The average Bonchev–Trinajstić information content (AvgIpc) is 3.09. The number of pyridine rings is 1. The van der Waals surface area contributed by atoms with Crippen molar-refractivity contribution in [3.05, 3.63) is 59.7 Å². The van der Waals surface area contributed by atoms with Gasteiger partial charge in [0.1, 0.15) is 9.71 Å². The smallest absolute Gasteiger partial charge is 0.332 e. The number of hydrogen-bond acceptors (Lipinski definition) is 6. The first-order chi connectivity index (χ1) is 13.6. The van der Waals surface area contributed by atoms with E-state index in [-0.39, 0.29) is 4.88 Å². The Balaban J connectivity index is 1.70. The van der Waals surface area contributed by atoms with Crippen LogP contribution < -0.4 is 16.0 Å². The minimum absolute atomic E-state index is 0.270. The number of nitrogens with zero attached hydrogens (tertiary/aromatic N) is 4. The van der Waals surface area contributed by atoms with Crippen LogP contribution in [0.2, 0.25) is 0 Å². The van der Waals surface area contributed by atoms with Gasteiger partial charge in [0.2, 0.25) is 0 Å². The molecule has 0 bridgehead atoms. The van der Waals surface area contributed by atoms with Crippen LogP contribution in [0.25, 0.3) is 21.3 Å². The van der Waals surface area contributed by atoms with Crippen molar-refractivity contribution in [1.29, 1.82) is 0 Å². The summed E-state index contributed by atoms with van der Waals surface area (Å²) in [6.45, 7) is 0. The van der Waals surface area contributed by atoms with Crippen LogP contribution in [0.1, 0.15) is 9.67 Å². The summed E-state index contributed by atoms with van der Waals surface area (Å²) in [5.74, 6) is -0.243. The van der Waals surface area contributed by atoms with Gasteiger partial charge in [0, 0.05) is 11.8 Å². The molecule has 9 heteroatoms. The molecule has 0 spiro atoms. The molecule has 0 radical (unpaired) electrons. The summed E-state index contributed by atoms with van der Waals surface area (Å²) in [7, 11) is 0. The predicted octanol–water partition coefficient (Wildman–Crippen LogP) is 3.54. The van der Waals surface area contributed by atoms with Crippen LogP contribution in [0.4, 0.5) is 22.0 Å². The van der Waals surface area contributed by atoms with E-state index >= 15 is 0 Å². The number of benzene rings is 1. The zero-order valence-corrected chi connectivity index (χ0v) is 15.1. The third-order valence-corrected chi connectivity index (χ3v) is 5.56. The second-order valence-electron chi connectivity index (χ2n) is 6.11. The molecule has 0 fully saturated rings. The molecule has 1 aliphatic heterocycles. The lowest BCUT2D eigenvalue weighted by molar-refractivity contribution is 0.100. The molecule has 1 aromatic carbocycles. The van der Waals surface area contributed by atoms with Crippen molar-refractivity contribution in [3.8, 4) is 11.1 Å². The Kier molecular flexibility index (Phi) is 3.56. The number of carbonyl (C=O) groups excluding carboxylic acids is 2. The maximum Gasteiger partial charge on any atom is 0.332 e. The van der Waals surface area contributed by atoms with Gasteiger partial charge in [-0.2, -0.15) is 5.10 Å². The molecule has 28 heavy (non-hydrogen) atoms. The van der Waals surface area contributed by atoms with E-state index < -0.39 is 11.9 Å². The van der Waals surface area contributed by atoms with Gasteiger partial charge >= 0.3 is 6.03 Å². The Morgan fingerprint density at radius 1 is 1.14 bits per heavy atom. The second kappa shape index (κ2) is 6.10. The van der Waals surface area contributed by atoms with Gasteiger partial charge in [-0.3, -0.25) is 4.79 Å². The third-order valence-electron chi connectivity index (χ3n) is 4.45. The Morgan fingerprint density at radius 2 is 1.96 bits per heavy atom. The molecule has 0 unspecified atom stereocenters. The van der Waals surface area contributed by atoms with Crippen LogP contribution in [0.5, 0.6) is 0 Å². The number of anilines is 3. The van der Waals surface area contributed by atoms with Gasteiger partial charge in [0.15, 0.2) is 5.82 Å². The van der Waals surface area contributed by atoms with E-state index in [1.807, 2.05) is 30.3 Å². The Bertz CT molecular complexity index is 1250. The van der Waals surface area contributed by atoms with Gasteiger partial charge in [-0.15, -0.1) is 16.4 Å². The number of primary amides is 1. The van der Waals surface area contributed by atoms with Crippen molar-refractivity contribution in [2.75, 3.05) is 10.2 Å². The number of rotatable bonds is 3. The van der Waals surface area contributed by atoms with Crippen molar-refractivity contribution < 1.29 is 9.59 Å². The van der Waals surface area contributed by atoms with Crippen LogP contribution in [0.15, 0.2) is 54.9 Å². The number of amides is 3. The van der Waals surface area contributed by atoms with E-state index in [1.165, 1.54) is 4.90 Å². The maximum absolute atomic E-state index is 12.9. The lowest BCUT2D eigenvalue weighted by atomic mass is 10.1. The SMILES string of the molecule is NC(=O)c1sc2nccc3c2c1NC(=O)N3c1cc(-c2ccccc2)cnn1. The minimum atomic E-state index is -0.608. The molecule has 3 amide bonds. The molecule has 4 aromatic rings. The summed E-state index contributed by atoms with van der Waals surface area (Å²) in [6, 6.07) is 12.8. The third kappa shape index (κ3) is 2.41. The summed E-state index contributed by atoms with van der Waals surface area (Å²) in [5, 5.41) is 11.6. The maximum atomic E-state index is 12.9. The number of nitrogens with one attached hydrogen (secondary N) is 1. The van der Waals surface area contributed by atoms with Gasteiger partial charge in [-0.1, -0.05) is 30.3 Å². The van der Waals surface area contributed by atoms with Gasteiger partial charge in [0.25, 0.3) is 5.91 Å². The standard InChI is InChI=1S/C19H12N6O2S/c20-17(26)16-15-14-12(6-7-21-18(14)28-16)25(19(27)23-15)13-8-11(9-22-24-13)10-4-2-1-3-5-10/h1-9H,(H2,20,26)(H,23,27). The summed E-state index contributed by atoms with van der Waals surface area (Å²) in [5.41, 5.74) is 8.22. The van der Waals surface area contributed by atoms with Gasteiger partial charge in [-0.05, 0) is 17.7 Å². The average molecular weight is 388 g/mol. The lowest BCUT2D eigenvalue weighted by Crippen LogP contribution is -2.35. The number of urea groups is 1. The zero-order chi connectivity index (χ0) is 19.3. The Morgan fingerprint density at radius 3 is 2.75 bits per heavy atom. The number of thiophene rings is 1. The fourth-order valence-corrected chi connectivity index (χ4v) is 4.21. The molecule has 136 valence electrons. The van der Waals surface area contributed by atoms with Crippen molar-refractivity contribution in [1.82, 2.24) is 15.2 Å². The highest BCUT2D eigenvalue weighted by Gasteiger charge is 2.33. The highest BCUT2D eigenvalue weighted by atomic mass is 32.1. The summed E-state index contributed by atoms with van der Waals surface area (Å²) < 4.78 is 0. The van der Waals surface area contributed by atoms with E-state index in [4.69, 9.17) is 5.73 Å². The molecule has 8 nitrogen and oxygen atoms in total. The molecule has 0 saturated heterocycles. The van der Waals surface area contributed by atoms with Gasteiger partial charge in [-0.25, -0.2) is 14.7 Å². The number of nitrogens with two attached hydrogens (primary N) is 1. The summed E-state index contributed by atoms with van der Waals surface area (Å²) in [6.07, 6.45) is 3.23. The molecular weight excluding hydrogens is 376 g/mol.